The van der Waals surface area contributed by atoms with Crippen molar-refractivity contribution in [2.45, 2.75) is 5.92 Å². The molecule has 0 saturated heterocycles. The first-order valence-corrected chi connectivity index (χ1v) is 13.0. The topological polar surface area (TPSA) is 57.9 Å². The summed E-state index contributed by atoms with van der Waals surface area (Å²) >= 11 is 12.6. The van der Waals surface area contributed by atoms with Crippen LogP contribution in [0.3, 0.4) is 0 Å². The molecule has 2 N–H and O–H groups in total. The molecule has 0 amide bonds. The van der Waals surface area contributed by atoms with Gasteiger partial charge in [-0.15, -0.1) is 0 Å². The molecule has 1 unspecified atom stereocenters. The number of cyclic esters (lactones) is 1. The Hall–Kier alpha value is -4.25. The number of benzene rings is 4. The summed E-state index contributed by atoms with van der Waals surface area (Å²) in [5.41, 5.74) is 7.16. The summed E-state index contributed by atoms with van der Waals surface area (Å²) in [5, 5.41) is 3.12. The normalized spacial score (nSPS) is 15.3. The number of hydrogen-bond donors (Lipinski definition) is 2. The maximum atomic E-state index is 13.6. The molecule has 0 radical (unpaired) electrons. The number of halogens is 2. The van der Waals surface area contributed by atoms with Gasteiger partial charge in [-0.25, -0.2) is 0 Å². The van der Waals surface area contributed by atoms with Gasteiger partial charge < -0.3 is 14.7 Å². The lowest BCUT2D eigenvalue weighted by molar-refractivity contribution is -0.135. The summed E-state index contributed by atoms with van der Waals surface area (Å²) in [4.78, 5) is 20.6. The predicted octanol–water partition coefficient (Wildman–Crippen LogP) is 8.97. The molecule has 0 fully saturated rings. The Labute approximate surface area is 228 Å². The largest absolute Gasteiger partial charge is 0.425 e. The van der Waals surface area contributed by atoms with E-state index in [1.54, 1.807) is 0 Å². The van der Waals surface area contributed by atoms with Gasteiger partial charge in [-0.2, -0.15) is 0 Å². The van der Waals surface area contributed by atoms with Crippen LogP contribution in [0.4, 0.5) is 0 Å². The summed E-state index contributed by atoms with van der Waals surface area (Å²) < 4.78 is 6.04. The fraction of sp³-hybridized carbons (Fsp3) is 0.0312. The molecule has 0 spiro atoms. The summed E-state index contributed by atoms with van der Waals surface area (Å²) in [6.45, 7) is 0. The molecule has 6 aromatic rings. The lowest BCUT2D eigenvalue weighted by atomic mass is 9.93. The van der Waals surface area contributed by atoms with Gasteiger partial charge in [-0.3, -0.25) is 4.79 Å². The van der Waals surface area contributed by atoms with Crippen LogP contribution in [-0.2, 0) is 9.53 Å². The molecule has 0 saturated carbocycles. The zero-order valence-corrected chi connectivity index (χ0v) is 21.5. The van der Waals surface area contributed by atoms with Gasteiger partial charge in [-0.05, 0) is 41.5 Å². The molecule has 7 rings (SSSR count). The Balaban J connectivity index is 1.45. The van der Waals surface area contributed by atoms with Crippen molar-refractivity contribution in [3.05, 3.63) is 124 Å². The first-order valence-electron chi connectivity index (χ1n) is 12.2. The van der Waals surface area contributed by atoms with E-state index >= 15 is 0 Å². The summed E-state index contributed by atoms with van der Waals surface area (Å²) in [6, 6.07) is 31.4. The van der Waals surface area contributed by atoms with Crippen molar-refractivity contribution in [1.82, 2.24) is 9.97 Å². The molecule has 1 aliphatic rings. The van der Waals surface area contributed by atoms with E-state index in [1.165, 1.54) is 0 Å². The van der Waals surface area contributed by atoms with Crippen molar-refractivity contribution in [1.29, 1.82) is 0 Å². The molecular weight excluding hydrogens is 515 g/mol. The molecule has 4 nitrogen and oxygen atoms in total. The van der Waals surface area contributed by atoms with Crippen LogP contribution in [0.2, 0.25) is 10.0 Å². The van der Waals surface area contributed by atoms with Gasteiger partial charge in [0.1, 0.15) is 11.7 Å². The van der Waals surface area contributed by atoms with Crippen molar-refractivity contribution < 1.29 is 9.53 Å². The average Bonchev–Trinajstić information content (AvgIpc) is 3.61. The maximum absolute atomic E-state index is 13.6. The molecule has 4 aromatic carbocycles. The molecule has 2 aromatic heterocycles. The van der Waals surface area contributed by atoms with Gasteiger partial charge in [-0.1, -0.05) is 96.0 Å². The lowest BCUT2D eigenvalue weighted by Crippen LogP contribution is -2.07. The van der Waals surface area contributed by atoms with Crippen LogP contribution in [-0.4, -0.2) is 15.9 Å². The predicted molar refractivity (Wildman–Crippen MR) is 154 cm³/mol. The van der Waals surface area contributed by atoms with Crippen molar-refractivity contribution >= 4 is 56.7 Å². The average molecular weight is 535 g/mol. The van der Waals surface area contributed by atoms with Gasteiger partial charge >= 0.3 is 5.97 Å². The number of aromatic nitrogens is 2. The third-order valence-electron chi connectivity index (χ3n) is 7.03. The minimum absolute atomic E-state index is 0.324. The van der Waals surface area contributed by atoms with E-state index in [9.17, 15) is 4.79 Å². The second-order valence-electron chi connectivity index (χ2n) is 9.33. The molecule has 38 heavy (non-hydrogen) atoms. The van der Waals surface area contributed by atoms with Crippen LogP contribution < -0.4 is 0 Å². The second-order valence-corrected chi connectivity index (χ2v) is 10.2. The Morgan fingerprint density at radius 3 is 1.87 bits per heavy atom. The zero-order valence-electron chi connectivity index (χ0n) is 20.0. The Kier molecular flexibility index (Phi) is 5.39. The highest BCUT2D eigenvalue weighted by Crippen LogP contribution is 2.45. The van der Waals surface area contributed by atoms with Crippen LogP contribution in [0.5, 0.6) is 0 Å². The highest BCUT2D eigenvalue weighted by Gasteiger charge is 2.35. The van der Waals surface area contributed by atoms with Gasteiger partial charge in [0.2, 0.25) is 0 Å². The first-order chi connectivity index (χ1) is 18.6. The summed E-state index contributed by atoms with van der Waals surface area (Å²) in [5.74, 6) is -0.402. The quantitative estimate of drug-likeness (QED) is 0.221. The van der Waals surface area contributed by atoms with Crippen LogP contribution >= 0.6 is 23.2 Å². The van der Waals surface area contributed by atoms with Crippen LogP contribution in [0, 0.1) is 0 Å². The van der Waals surface area contributed by atoms with Crippen molar-refractivity contribution in [3.8, 4) is 22.5 Å². The van der Waals surface area contributed by atoms with E-state index in [0.717, 1.165) is 55.4 Å². The van der Waals surface area contributed by atoms with Crippen molar-refractivity contribution in [3.63, 3.8) is 0 Å². The standard InChI is InChI=1S/C32H20Cl2N2O2/c33-20-11-13-22-25(15-20)35-30(18-7-3-1-4-8-18)28(22)24-17-27(38-32(24)37)29-23-14-12-21(34)16-26(23)36-31(29)19-9-5-2-6-10-19/h1-17,24,35-36H. The number of carbonyl (C=O) groups is 1. The highest BCUT2D eigenvalue weighted by atomic mass is 35.5. The van der Waals surface area contributed by atoms with Gasteiger partial charge in [0.05, 0.1) is 17.0 Å². The monoisotopic (exact) mass is 534 g/mol. The minimum Gasteiger partial charge on any atom is -0.425 e. The number of ether oxygens (including phenoxy) is 1. The number of carbonyl (C=O) groups excluding carboxylic acids is 1. The van der Waals surface area contributed by atoms with E-state index in [2.05, 4.69) is 9.97 Å². The van der Waals surface area contributed by atoms with E-state index in [4.69, 9.17) is 27.9 Å². The van der Waals surface area contributed by atoms with Crippen LogP contribution in [0.1, 0.15) is 17.0 Å². The third kappa shape index (κ3) is 3.73. The van der Waals surface area contributed by atoms with E-state index < -0.39 is 5.92 Å². The maximum Gasteiger partial charge on any atom is 0.322 e. The molecule has 0 bridgehead atoms. The molecule has 6 heteroatoms. The molecule has 184 valence electrons. The van der Waals surface area contributed by atoms with E-state index in [0.29, 0.717) is 15.8 Å². The molecule has 3 heterocycles. The fourth-order valence-electron chi connectivity index (χ4n) is 5.35. The van der Waals surface area contributed by atoms with Crippen molar-refractivity contribution in [2.24, 2.45) is 0 Å². The second kappa shape index (κ2) is 8.95. The summed E-state index contributed by atoms with van der Waals surface area (Å²) in [6.07, 6.45) is 1.93. The number of nitrogens with one attached hydrogen (secondary N) is 2. The highest BCUT2D eigenvalue weighted by molar-refractivity contribution is 6.31. The number of esters is 1. The number of fused-ring (bicyclic) bond motifs is 2. The van der Waals surface area contributed by atoms with Gasteiger partial charge in [0, 0.05) is 37.4 Å². The zero-order chi connectivity index (χ0) is 25.8. The Morgan fingerprint density at radius 2 is 1.21 bits per heavy atom. The molecule has 0 aliphatic carbocycles. The minimum atomic E-state index is -0.601. The first kappa shape index (κ1) is 22.9. The van der Waals surface area contributed by atoms with Crippen LogP contribution in [0.15, 0.2) is 103 Å². The third-order valence-corrected chi connectivity index (χ3v) is 7.50. The Morgan fingerprint density at radius 1 is 0.658 bits per heavy atom. The number of aromatic amines is 2. The Bertz CT molecular complexity index is 1890. The lowest BCUT2D eigenvalue weighted by Gasteiger charge is -2.08. The summed E-state index contributed by atoms with van der Waals surface area (Å²) in [7, 11) is 0. The smallest absolute Gasteiger partial charge is 0.322 e. The molecule has 1 aliphatic heterocycles. The molecule has 1 atom stereocenters. The van der Waals surface area contributed by atoms with Gasteiger partial charge in [0.25, 0.3) is 0 Å². The van der Waals surface area contributed by atoms with E-state index in [1.807, 2.05) is 103 Å². The fourth-order valence-corrected chi connectivity index (χ4v) is 5.70. The van der Waals surface area contributed by atoms with E-state index in [-0.39, 0.29) is 5.97 Å². The number of H-pyrrole nitrogens is 2. The molecular formula is C32H20Cl2N2O2. The number of rotatable bonds is 4. The van der Waals surface area contributed by atoms with Crippen molar-refractivity contribution in [2.75, 3.05) is 0 Å². The van der Waals surface area contributed by atoms with Gasteiger partial charge in [0.15, 0.2) is 0 Å². The number of hydrogen-bond acceptors (Lipinski definition) is 2. The SMILES string of the molecule is O=C1OC(c2c(-c3ccccc3)[nH]c3cc(Cl)ccc23)=CC1c1c(-c2ccccc2)[nH]c2cc(Cl)ccc12. The van der Waals surface area contributed by atoms with Crippen LogP contribution in [0.25, 0.3) is 50.1 Å².